The molecule has 1 aromatic carbocycles. The highest BCUT2D eigenvalue weighted by molar-refractivity contribution is 5.88. The lowest BCUT2D eigenvalue weighted by molar-refractivity contribution is -0.123. The molecule has 0 amide bonds. The quantitative estimate of drug-likeness (QED) is 0.736. The van der Waals surface area contributed by atoms with E-state index in [9.17, 15) is 4.79 Å². The van der Waals surface area contributed by atoms with Crippen molar-refractivity contribution in [3.8, 4) is 0 Å². The number of hydrogen-bond acceptors (Lipinski definition) is 5. The number of nitrogens with zero attached hydrogens (tertiary/aromatic N) is 4. The number of pyridine rings is 1. The summed E-state index contributed by atoms with van der Waals surface area (Å²) in [5, 5.41) is 7.73. The summed E-state index contributed by atoms with van der Waals surface area (Å²) in [4.78, 5) is 21.9. The number of carbonyl (C=O) groups excluding carboxylic acids is 1. The average molecular weight is 385 g/mol. The Morgan fingerprint density at radius 3 is 2.69 bits per heavy atom. The Balaban J connectivity index is 1.55. The topological polar surface area (TPSA) is 72.7 Å². The number of nitrogens with one attached hydrogen (secondary N) is 1. The number of ketones is 1. The number of aromatic nitrogens is 4. The lowest BCUT2D eigenvalue weighted by Crippen LogP contribution is -2.40. The summed E-state index contributed by atoms with van der Waals surface area (Å²) >= 11 is 0. The first-order valence-corrected chi connectivity index (χ1v) is 10.0. The zero-order valence-corrected chi connectivity index (χ0v) is 16.5. The molecule has 0 spiro atoms. The van der Waals surface area contributed by atoms with E-state index in [0.29, 0.717) is 18.3 Å². The van der Waals surface area contributed by atoms with Crippen molar-refractivity contribution in [2.75, 3.05) is 5.32 Å². The minimum absolute atomic E-state index is 0.0616. The van der Waals surface area contributed by atoms with Gasteiger partial charge in [-0.2, -0.15) is 10.1 Å². The van der Waals surface area contributed by atoms with E-state index in [0.717, 1.165) is 11.3 Å². The minimum Gasteiger partial charge on any atom is -0.328 e. The molecule has 0 radical (unpaired) electrons. The van der Waals surface area contributed by atoms with Gasteiger partial charge in [-0.3, -0.25) is 9.78 Å². The smallest absolute Gasteiger partial charge is 0.226 e. The number of carbonyl (C=O) groups is 1. The van der Waals surface area contributed by atoms with Crippen molar-refractivity contribution < 1.29 is 4.79 Å². The third kappa shape index (κ3) is 3.05. The molecular formula is C23H23N5O. The van der Waals surface area contributed by atoms with E-state index in [1.54, 1.807) is 10.9 Å². The maximum atomic E-state index is 13.3. The van der Waals surface area contributed by atoms with Crippen LogP contribution in [0.15, 0.2) is 66.9 Å². The zero-order valence-electron chi connectivity index (χ0n) is 16.5. The lowest BCUT2D eigenvalue weighted by atomic mass is 9.76. The fourth-order valence-electron chi connectivity index (χ4n) is 4.40. The van der Waals surface area contributed by atoms with Crippen molar-refractivity contribution in [2.24, 2.45) is 5.92 Å². The Kier molecular flexibility index (Phi) is 4.27. The second-order valence-corrected chi connectivity index (χ2v) is 8.08. The normalized spacial score (nSPS) is 23.2. The number of rotatable bonds is 3. The maximum absolute atomic E-state index is 13.3. The van der Waals surface area contributed by atoms with Crippen molar-refractivity contribution in [1.82, 2.24) is 19.7 Å². The number of hydrogen-bond donors (Lipinski definition) is 1. The van der Waals surface area contributed by atoms with Crippen molar-refractivity contribution >= 4 is 11.7 Å². The van der Waals surface area contributed by atoms with E-state index >= 15 is 0 Å². The molecule has 0 fully saturated rings. The van der Waals surface area contributed by atoms with Gasteiger partial charge in [-0.05, 0) is 28.7 Å². The van der Waals surface area contributed by atoms with Crippen molar-refractivity contribution in [3.63, 3.8) is 0 Å². The molecule has 3 atom stereocenters. The van der Waals surface area contributed by atoms with Crippen LogP contribution in [0.25, 0.3) is 0 Å². The third-order valence-electron chi connectivity index (χ3n) is 5.95. The second-order valence-electron chi connectivity index (χ2n) is 8.08. The van der Waals surface area contributed by atoms with E-state index < -0.39 is 0 Å². The molecule has 2 aliphatic rings. The molecule has 3 heterocycles. The maximum Gasteiger partial charge on any atom is 0.226 e. The molecule has 29 heavy (non-hydrogen) atoms. The fraction of sp³-hybridized carbons (Fsp3) is 0.304. The predicted molar refractivity (Wildman–Crippen MR) is 110 cm³/mol. The molecule has 1 aliphatic heterocycles. The SMILES string of the molecule is CC(C)c1ccc([C@H]2C=C3Nc4ncnn4[C@H](c4cccnc4)[C@H]3C(=O)C2)cc1. The number of allylic oxidation sites excluding steroid dienone is 2. The van der Waals surface area contributed by atoms with Crippen LogP contribution in [0.3, 0.4) is 0 Å². The summed E-state index contributed by atoms with van der Waals surface area (Å²) < 4.78 is 1.80. The minimum atomic E-state index is -0.306. The molecule has 0 saturated heterocycles. The Hall–Kier alpha value is -3.28. The number of Topliss-reactive ketones (excluding diaryl/α,β-unsaturated/α-hetero) is 1. The highest BCUT2D eigenvalue weighted by Gasteiger charge is 2.43. The van der Waals surface area contributed by atoms with Crippen LogP contribution >= 0.6 is 0 Å². The van der Waals surface area contributed by atoms with E-state index in [1.165, 1.54) is 17.5 Å². The number of benzene rings is 1. The van der Waals surface area contributed by atoms with Gasteiger partial charge in [0.1, 0.15) is 12.1 Å². The Bertz CT molecular complexity index is 1070. The molecule has 0 saturated carbocycles. The van der Waals surface area contributed by atoms with Crippen LogP contribution in [0.4, 0.5) is 5.95 Å². The number of fused-ring (bicyclic) bond motifs is 2. The second kappa shape index (κ2) is 6.95. The molecule has 2 aromatic heterocycles. The summed E-state index contributed by atoms with van der Waals surface area (Å²) in [6, 6.07) is 12.3. The van der Waals surface area contributed by atoms with Gasteiger partial charge in [0.05, 0.1) is 12.0 Å². The molecule has 146 valence electrons. The summed E-state index contributed by atoms with van der Waals surface area (Å²) in [5.41, 5.74) is 4.35. The van der Waals surface area contributed by atoms with Gasteiger partial charge in [0.15, 0.2) is 0 Å². The summed E-state index contributed by atoms with van der Waals surface area (Å²) in [5.74, 6) is 1.12. The molecule has 0 bridgehead atoms. The first kappa shape index (κ1) is 17.8. The van der Waals surface area contributed by atoms with Crippen LogP contribution in [-0.2, 0) is 4.79 Å². The molecular weight excluding hydrogens is 362 g/mol. The van der Waals surface area contributed by atoms with E-state index in [-0.39, 0.29) is 23.7 Å². The largest absolute Gasteiger partial charge is 0.328 e. The van der Waals surface area contributed by atoms with Gasteiger partial charge in [0, 0.05) is 30.4 Å². The molecule has 1 aliphatic carbocycles. The lowest BCUT2D eigenvalue weighted by Gasteiger charge is -2.37. The Morgan fingerprint density at radius 1 is 1.14 bits per heavy atom. The fourth-order valence-corrected chi connectivity index (χ4v) is 4.40. The molecule has 5 rings (SSSR count). The van der Waals surface area contributed by atoms with Crippen molar-refractivity contribution in [1.29, 1.82) is 0 Å². The Labute approximate surface area is 169 Å². The van der Waals surface area contributed by atoms with E-state index in [4.69, 9.17) is 0 Å². The van der Waals surface area contributed by atoms with Crippen LogP contribution in [-0.4, -0.2) is 25.5 Å². The van der Waals surface area contributed by atoms with E-state index in [1.807, 2.05) is 18.3 Å². The third-order valence-corrected chi connectivity index (χ3v) is 5.95. The summed E-state index contributed by atoms with van der Waals surface area (Å²) in [7, 11) is 0. The summed E-state index contributed by atoms with van der Waals surface area (Å²) in [6.45, 7) is 4.37. The Morgan fingerprint density at radius 2 is 1.97 bits per heavy atom. The molecule has 0 unspecified atom stereocenters. The molecule has 6 nitrogen and oxygen atoms in total. The predicted octanol–water partition coefficient (Wildman–Crippen LogP) is 4.07. The van der Waals surface area contributed by atoms with Crippen LogP contribution < -0.4 is 5.32 Å². The molecule has 1 N–H and O–H groups in total. The molecule has 6 heteroatoms. The average Bonchev–Trinajstić information content (AvgIpc) is 3.21. The van der Waals surface area contributed by atoms with Gasteiger partial charge in [-0.1, -0.05) is 50.3 Å². The number of anilines is 1. The standard InChI is InChI=1S/C23H23N5O/c1-14(2)15-5-7-16(8-6-15)18-10-19-21(20(29)11-18)22(17-4-3-9-24-12-17)28-23(27-19)25-13-26-28/h3-10,12-14,18,21-22H,11H2,1-2H3,(H,25,26,27)/t18-,21+,22+/m0/s1. The van der Waals surface area contributed by atoms with Crippen molar-refractivity contribution in [3.05, 3.63) is 83.6 Å². The van der Waals surface area contributed by atoms with Gasteiger partial charge in [-0.25, -0.2) is 4.68 Å². The highest BCUT2D eigenvalue weighted by Crippen LogP contribution is 2.43. The summed E-state index contributed by atoms with van der Waals surface area (Å²) in [6.07, 6.45) is 7.75. The van der Waals surface area contributed by atoms with Crippen molar-refractivity contribution in [2.45, 2.75) is 38.1 Å². The van der Waals surface area contributed by atoms with Gasteiger partial charge in [0.2, 0.25) is 5.95 Å². The first-order chi connectivity index (χ1) is 14.1. The highest BCUT2D eigenvalue weighted by atomic mass is 16.1. The van der Waals surface area contributed by atoms with Crippen LogP contribution in [0, 0.1) is 5.92 Å². The van der Waals surface area contributed by atoms with E-state index in [2.05, 4.69) is 64.6 Å². The van der Waals surface area contributed by atoms with Crippen LogP contribution in [0.5, 0.6) is 0 Å². The van der Waals surface area contributed by atoms with Crippen LogP contribution in [0.2, 0.25) is 0 Å². The van der Waals surface area contributed by atoms with Gasteiger partial charge in [0.25, 0.3) is 0 Å². The first-order valence-electron chi connectivity index (χ1n) is 10.0. The monoisotopic (exact) mass is 385 g/mol. The van der Waals surface area contributed by atoms with Gasteiger partial charge in [-0.15, -0.1) is 0 Å². The van der Waals surface area contributed by atoms with Crippen LogP contribution in [0.1, 0.15) is 54.8 Å². The zero-order chi connectivity index (χ0) is 20.0. The van der Waals surface area contributed by atoms with Gasteiger partial charge < -0.3 is 5.32 Å². The molecule has 3 aromatic rings. The van der Waals surface area contributed by atoms with Gasteiger partial charge >= 0.3 is 0 Å².